The Kier molecular flexibility index (Phi) is 19.3. The Morgan fingerprint density at radius 3 is 2.08 bits per heavy atom. The monoisotopic (exact) mass is 695 g/mol. The van der Waals surface area contributed by atoms with Gasteiger partial charge in [-0.2, -0.15) is 0 Å². The first-order valence-corrected chi connectivity index (χ1v) is 15.6. The van der Waals surface area contributed by atoms with Crippen LogP contribution in [0.3, 0.4) is 0 Å². The number of aliphatic carboxylic acids is 3. The average Bonchev–Trinajstić information content (AvgIpc) is 3.53. The molecular formula is C30H45N7O12. The molecular weight excluding hydrogens is 650 g/mol. The van der Waals surface area contributed by atoms with Crippen LogP contribution in [0.2, 0.25) is 0 Å². The molecule has 0 fully saturated rings. The number of urea groups is 2. The number of hydrogen-bond acceptors (Lipinski definition) is 11. The highest BCUT2D eigenvalue weighted by molar-refractivity contribution is 5.90. The summed E-state index contributed by atoms with van der Waals surface area (Å²) in [5.41, 5.74) is 1.86. The molecule has 0 spiro atoms. The maximum atomic E-state index is 12.4. The third-order valence-electron chi connectivity index (χ3n) is 6.65. The summed E-state index contributed by atoms with van der Waals surface area (Å²) >= 11 is 0. The van der Waals surface area contributed by atoms with Crippen molar-refractivity contribution in [3.63, 3.8) is 0 Å². The number of unbranched alkanes of at least 4 members (excludes halogenated alkanes) is 1. The summed E-state index contributed by atoms with van der Waals surface area (Å²) in [6, 6.07) is 2.70. The molecule has 2 aromatic rings. The van der Waals surface area contributed by atoms with Crippen LogP contribution < -0.4 is 21.3 Å². The molecule has 0 aliphatic heterocycles. The lowest BCUT2D eigenvalue weighted by Gasteiger charge is -2.18. The molecule has 0 unspecified atom stereocenters. The zero-order valence-electron chi connectivity index (χ0n) is 27.3. The van der Waals surface area contributed by atoms with Crippen molar-refractivity contribution in [3.8, 4) is 11.3 Å². The van der Waals surface area contributed by atoms with Gasteiger partial charge in [0.1, 0.15) is 17.8 Å². The Morgan fingerprint density at radius 2 is 1.45 bits per heavy atom. The van der Waals surface area contributed by atoms with Crippen molar-refractivity contribution in [1.29, 1.82) is 0 Å². The molecule has 0 bridgehead atoms. The maximum Gasteiger partial charge on any atom is 0.326 e. The Hall–Kier alpha value is -4.85. The third kappa shape index (κ3) is 17.8. The topological polar surface area (TPSA) is 262 Å². The van der Waals surface area contributed by atoms with Crippen LogP contribution >= 0.6 is 0 Å². The number of aromatic nitrogens is 3. The van der Waals surface area contributed by atoms with E-state index in [0.717, 1.165) is 5.56 Å². The lowest BCUT2D eigenvalue weighted by molar-refractivity contribution is -0.140. The molecule has 49 heavy (non-hydrogen) atoms. The standard InChI is InChI=1S/C30H45N7O12/c1-46-13-14-48-17-18-49-16-15-47-12-11-37-20-25(35-36-37)21-5-4-6-22(19-21)32-29(44)31-10-3-2-7-23(27(40)41)33-30(45)34-24(28(42)43)8-9-26(38)39/h4-6,19-20,23-24H,2-3,7-18H2,1H3,(H,38,39)(H,40,41)(H,42,43)(H2,31,32,44)(H2,33,34,45)/t23-,24-/m0/s1. The van der Waals surface area contributed by atoms with E-state index in [1.54, 1.807) is 36.2 Å². The van der Waals surface area contributed by atoms with Gasteiger partial charge in [0.25, 0.3) is 0 Å². The van der Waals surface area contributed by atoms with Crippen molar-refractivity contribution < 1.29 is 58.2 Å². The molecule has 19 heteroatoms. The fourth-order valence-electron chi connectivity index (χ4n) is 4.13. The van der Waals surface area contributed by atoms with Crippen molar-refractivity contribution >= 4 is 35.7 Å². The van der Waals surface area contributed by atoms with Gasteiger partial charge in [-0.1, -0.05) is 17.3 Å². The minimum atomic E-state index is -1.49. The first-order chi connectivity index (χ1) is 23.6. The van der Waals surface area contributed by atoms with Crippen molar-refractivity contribution in [3.05, 3.63) is 30.5 Å². The molecule has 1 aromatic heterocycles. The molecule has 2 atom stereocenters. The second-order valence-corrected chi connectivity index (χ2v) is 10.5. The molecule has 0 saturated carbocycles. The number of carbonyl (C=O) groups is 5. The SMILES string of the molecule is COCCOCCOCCOCCn1cc(-c2cccc(NC(=O)NCCCC[C@H](NC(=O)N[C@@H](CCC(=O)O)C(=O)O)C(=O)O)c2)nn1. The normalized spacial score (nSPS) is 12.1. The van der Waals surface area contributed by atoms with E-state index in [0.29, 0.717) is 77.0 Å². The fourth-order valence-corrected chi connectivity index (χ4v) is 4.13. The maximum absolute atomic E-state index is 12.4. The Bertz CT molecular complexity index is 1330. The largest absolute Gasteiger partial charge is 0.481 e. The van der Waals surface area contributed by atoms with Crippen LogP contribution in [-0.4, -0.2) is 132 Å². The van der Waals surface area contributed by atoms with Gasteiger partial charge in [0.05, 0.1) is 59.0 Å². The molecule has 1 heterocycles. The number of methoxy groups -OCH3 is 1. The number of carbonyl (C=O) groups excluding carboxylic acids is 2. The summed E-state index contributed by atoms with van der Waals surface area (Å²) in [4.78, 5) is 58.0. The van der Waals surface area contributed by atoms with E-state index < -0.39 is 48.5 Å². The van der Waals surface area contributed by atoms with Crippen LogP contribution in [0, 0.1) is 0 Å². The van der Waals surface area contributed by atoms with Crippen molar-refractivity contribution in [1.82, 2.24) is 30.9 Å². The van der Waals surface area contributed by atoms with E-state index in [-0.39, 0.29) is 19.4 Å². The number of rotatable bonds is 26. The minimum absolute atomic E-state index is 0.00798. The van der Waals surface area contributed by atoms with E-state index >= 15 is 0 Å². The van der Waals surface area contributed by atoms with Gasteiger partial charge in [0.2, 0.25) is 0 Å². The predicted octanol–water partition coefficient (Wildman–Crippen LogP) is 1.00. The first kappa shape index (κ1) is 40.3. The smallest absolute Gasteiger partial charge is 0.326 e. The number of ether oxygens (including phenoxy) is 4. The van der Waals surface area contributed by atoms with Crippen molar-refractivity contribution in [2.45, 2.75) is 50.7 Å². The summed E-state index contributed by atoms with van der Waals surface area (Å²) in [5.74, 6) is -4.01. The minimum Gasteiger partial charge on any atom is -0.481 e. The van der Waals surface area contributed by atoms with Crippen LogP contribution in [0.25, 0.3) is 11.3 Å². The Morgan fingerprint density at radius 1 is 0.816 bits per heavy atom. The summed E-state index contributed by atoms with van der Waals surface area (Å²) in [6.07, 6.45) is 1.63. The summed E-state index contributed by atoms with van der Waals surface area (Å²) in [5, 5.41) is 45.3. The number of carboxylic acids is 3. The quantitative estimate of drug-likeness (QED) is 0.0678. The molecule has 19 nitrogen and oxygen atoms in total. The van der Waals surface area contributed by atoms with Gasteiger partial charge in [0.15, 0.2) is 0 Å². The Balaban J connectivity index is 1.67. The lowest BCUT2D eigenvalue weighted by atomic mass is 10.1. The molecule has 4 amide bonds. The van der Waals surface area contributed by atoms with E-state index in [2.05, 4.69) is 31.6 Å². The van der Waals surface area contributed by atoms with Crippen LogP contribution in [0.4, 0.5) is 15.3 Å². The van der Waals surface area contributed by atoms with Gasteiger partial charge in [-0.3, -0.25) is 4.79 Å². The number of nitrogens with one attached hydrogen (secondary N) is 4. The van der Waals surface area contributed by atoms with E-state index in [9.17, 15) is 29.1 Å². The van der Waals surface area contributed by atoms with Gasteiger partial charge in [0, 0.05) is 31.3 Å². The number of anilines is 1. The van der Waals surface area contributed by atoms with Crippen LogP contribution in [0.15, 0.2) is 30.5 Å². The highest BCUT2D eigenvalue weighted by atomic mass is 16.6. The zero-order chi connectivity index (χ0) is 35.9. The lowest BCUT2D eigenvalue weighted by Crippen LogP contribution is -2.51. The van der Waals surface area contributed by atoms with E-state index in [1.807, 2.05) is 6.07 Å². The molecule has 0 aliphatic rings. The molecule has 0 saturated heterocycles. The van der Waals surface area contributed by atoms with Gasteiger partial charge >= 0.3 is 30.0 Å². The molecule has 7 N–H and O–H groups in total. The van der Waals surface area contributed by atoms with Gasteiger partial charge in [-0.15, -0.1) is 5.10 Å². The second kappa shape index (κ2) is 23.5. The molecule has 1 aromatic carbocycles. The molecule has 272 valence electrons. The fraction of sp³-hybridized carbons (Fsp3) is 0.567. The number of hydrogen-bond donors (Lipinski definition) is 7. The molecule has 0 radical (unpaired) electrons. The Labute approximate surface area is 282 Å². The number of carboxylic acid groups (broad SMARTS) is 3. The van der Waals surface area contributed by atoms with Gasteiger partial charge < -0.3 is 55.5 Å². The number of amides is 4. The highest BCUT2D eigenvalue weighted by Crippen LogP contribution is 2.20. The zero-order valence-corrected chi connectivity index (χ0v) is 27.3. The van der Waals surface area contributed by atoms with Gasteiger partial charge in [-0.25, -0.2) is 23.9 Å². The van der Waals surface area contributed by atoms with Crippen molar-refractivity contribution in [2.24, 2.45) is 0 Å². The van der Waals surface area contributed by atoms with Crippen LogP contribution in [0.5, 0.6) is 0 Å². The molecule has 2 rings (SSSR count). The van der Waals surface area contributed by atoms with Crippen LogP contribution in [-0.2, 0) is 39.9 Å². The van der Waals surface area contributed by atoms with E-state index in [1.165, 1.54) is 0 Å². The van der Waals surface area contributed by atoms with Crippen molar-refractivity contribution in [2.75, 3.05) is 65.2 Å². The van der Waals surface area contributed by atoms with Crippen LogP contribution in [0.1, 0.15) is 32.1 Å². The third-order valence-corrected chi connectivity index (χ3v) is 6.65. The predicted molar refractivity (Wildman–Crippen MR) is 172 cm³/mol. The average molecular weight is 696 g/mol. The summed E-state index contributed by atoms with van der Waals surface area (Å²) in [7, 11) is 1.62. The van der Waals surface area contributed by atoms with E-state index in [4.69, 9.17) is 29.2 Å². The first-order valence-electron chi connectivity index (χ1n) is 15.6. The van der Waals surface area contributed by atoms with Gasteiger partial charge in [-0.05, 0) is 37.8 Å². The highest BCUT2D eigenvalue weighted by Gasteiger charge is 2.24. The second-order valence-electron chi connectivity index (χ2n) is 10.5. The summed E-state index contributed by atoms with van der Waals surface area (Å²) < 4.78 is 22.9. The number of nitrogens with zero attached hydrogens (tertiary/aromatic N) is 3. The molecule has 0 aliphatic carbocycles. The number of benzene rings is 1. The summed E-state index contributed by atoms with van der Waals surface area (Å²) in [6.45, 7) is 4.06.